The van der Waals surface area contributed by atoms with Crippen LogP contribution in [0.4, 0.5) is 30.2 Å². The summed E-state index contributed by atoms with van der Waals surface area (Å²) < 4.78 is 38.8. The molecule has 0 aliphatic carbocycles. The van der Waals surface area contributed by atoms with E-state index in [0.29, 0.717) is 6.07 Å². The number of alkyl halides is 3. The maximum Gasteiger partial charge on any atom is 0.416 e. The molecule has 7 nitrogen and oxygen atoms in total. The van der Waals surface area contributed by atoms with Crippen LogP contribution in [0.3, 0.4) is 0 Å². The summed E-state index contributed by atoms with van der Waals surface area (Å²) in [6, 6.07) is 5.55. The van der Waals surface area contributed by atoms with Crippen molar-refractivity contribution in [2.45, 2.75) is 13.1 Å². The van der Waals surface area contributed by atoms with Crippen molar-refractivity contribution in [3.8, 4) is 0 Å². The Hall–Kier alpha value is -3.14. The molecule has 27 heavy (non-hydrogen) atoms. The molecule has 0 saturated heterocycles. The average molecular weight is 402 g/mol. The van der Waals surface area contributed by atoms with Gasteiger partial charge in [0, 0.05) is 18.0 Å². The second kappa shape index (κ2) is 7.62. The van der Waals surface area contributed by atoms with Crippen molar-refractivity contribution in [1.82, 2.24) is 0 Å². The van der Waals surface area contributed by atoms with Gasteiger partial charge in [-0.05, 0) is 30.3 Å². The van der Waals surface area contributed by atoms with Gasteiger partial charge >= 0.3 is 6.18 Å². The summed E-state index contributed by atoms with van der Waals surface area (Å²) in [7, 11) is 0. The van der Waals surface area contributed by atoms with Gasteiger partial charge < -0.3 is 10.6 Å². The van der Waals surface area contributed by atoms with Crippen LogP contribution in [0, 0.1) is 10.1 Å². The molecule has 2 aromatic rings. The smallest absolute Gasteiger partial charge is 0.325 e. The standard InChI is InChI=1S/C16H11ClF3N3O4/c1-8(24)21-12-5-2-9(16(18,19)20)6-13(12)22-15(25)11-4-3-10(17)7-14(11)23(26)27/h2-7H,1H3,(H,21,24)(H,22,25). The van der Waals surface area contributed by atoms with E-state index in [-0.39, 0.29) is 16.4 Å². The third kappa shape index (κ3) is 4.94. The largest absolute Gasteiger partial charge is 0.416 e. The molecule has 0 aliphatic rings. The van der Waals surface area contributed by atoms with E-state index >= 15 is 0 Å². The molecular formula is C16H11ClF3N3O4. The third-order valence-corrected chi connectivity index (χ3v) is 3.54. The number of nitro benzene ring substituents is 1. The van der Waals surface area contributed by atoms with E-state index in [9.17, 15) is 32.9 Å². The zero-order valence-electron chi connectivity index (χ0n) is 13.6. The van der Waals surface area contributed by atoms with E-state index in [1.54, 1.807) is 0 Å². The monoisotopic (exact) mass is 401 g/mol. The van der Waals surface area contributed by atoms with Crippen molar-refractivity contribution in [3.63, 3.8) is 0 Å². The predicted molar refractivity (Wildman–Crippen MR) is 91.8 cm³/mol. The lowest BCUT2D eigenvalue weighted by Gasteiger charge is -2.15. The summed E-state index contributed by atoms with van der Waals surface area (Å²) >= 11 is 5.67. The zero-order chi connectivity index (χ0) is 20.4. The molecule has 142 valence electrons. The number of carbonyl (C=O) groups excluding carboxylic acids is 2. The van der Waals surface area contributed by atoms with E-state index in [0.717, 1.165) is 31.2 Å². The minimum Gasteiger partial charge on any atom is -0.325 e. The minimum atomic E-state index is -4.69. The Labute approximate surface area is 155 Å². The second-order valence-corrected chi connectivity index (χ2v) is 5.75. The van der Waals surface area contributed by atoms with Gasteiger partial charge in [-0.15, -0.1) is 0 Å². The third-order valence-electron chi connectivity index (χ3n) is 3.31. The lowest BCUT2D eigenvalue weighted by Crippen LogP contribution is -2.17. The molecule has 0 fully saturated rings. The first-order valence-corrected chi connectivity index (χ1v) is 7.61. The van der Waals surface area contributed by atoms with Crippen LogP contribution in [0.25, 0.3) is 0 Å². The topological polar surface area (TPSA) is 101 Å². The number of amides is 2. The van der Waals surface area contributed by atoms with Gasteiger partial charge in [0.05, 0.1) is 21.9 Å². The molecule has 2 rings (SSSR count). The Balaban J connectivity index is 2.47. The fourth-order valence-corrected chi connectivity index (χ4v) is 2.33. The SMILES string of the molecule is CC(=O)Nc1ccc(C(F)(F)F)cc1NC(=O)c1ccc(Cl)cc1[N+](=O)[O-]. The van der Waals surface area contributed by atoms with E-state index in [1.807, 2.05) is 0 Å². The minimum absolute atomic E-state index is 0.0104. The van der Waals surface area contributed by atoms with Crippen LogP contribution in [-0.2, 0) is 11.0 Å². The summed E-state index contributed by atoms with van der Waals surface area (Å²) in [5, 5.41) is 15.5. The molecule has 0 saturated carbocycles. The van der Waals surface area contributed by atoms with Gasteiger partial charge in [-0.1, -0.05) is 11.6 Å². The number of hydrogen-bond acceptors (Lipinski definition) is 4. The maximum absolute atomic E-state index is 12.9. The Morgan fingerprint density at radius 3 is 2.30 bits per heavy atom. The molecule has 11 heteroatoms. The molecule has 0 heterocycles. The van der Waals surface area contributed by atoms with Crippen LogP contribution >= 0.6 is 11.6 Å². The summed E-state index contributed by atoms with van der Waals surface area (Å²) in [5.74, 6) is -1.62. The van der Waals surface area contributed by atoms with Gasteiger partial charge in [-0.3, -0.25) is 19.7 Å². The molecule has 0 aromatic heterocycles. The Morgan fingerprint density at radius 1 is 1.07 bits per heavy atom. The van der Waals surface area contributed by atoms with Gasteiger partial charge in [-0.25, -0.2) is 0 Å². The van der Waals surface area contributed by atoms with Crippen LogP contribution in [0.1, 0.15) is 22.8 Å². The van der Waals surface area contributed by atoms with Crippen LogP contribution in [-0.4, -0.2) is 16.7 Å². The fraction of sp³-hybridized carbons (Fsp3) is 0.125. The highest BCUT2D eigenvalue weighted by Crippen LogP contribution is 2.34. The quantitative estimate of drug-likeness (QED) is 0.582. The van der Waals surface area contributed by atoms with Crippen molar-refractivity contribution < 1.29 is 27.7 Å². The summed E-state index contributed by atoms with van der Waals surface area (Å²) in [6.07, 6.45) is -4.69. The summed E-state index contributed by atoms with van der Waals surface area (Å²) in [6.45, 7) is 1.13. The predicted octanol–water partition coefficient (Wildman–Crippen LogP) is 4.48. The summed E-state index contributed by atoms with van der Waals surface area (Å²) in [4.78, 5) is 33.9. The van der Waals surface area contributed by atoms with E-state index in [2.05, 4.69) is 10.6 Å². The number of carbonyl (C=O) groups is 2. The molecule has 0 atom stereocenters. The first-order valence-electron chi connectivity index (χ1n) is 7.23. The first-order chi connectivity index (χ1) is 12.5. The number of hydrogen-bond donors (Lipinski definition) is 2. The molecule has 2 aromatic carbocycles. The highest BCUT2D eigenvalue weighted by Gasteiger charge is 2.31. The Bertz CT molecular complexity index is 932. The number of nitro groups is 1. The molecular weight excluding hydrogens is 391 g/mol. The maximum atomic E-state index is 12.9. The van der Waals surface area contributed by atoms with Crippen LogP contribution in [0.5, 0.6) is 0 Å². The van der Waals surface area contributed by atoms with Crippen molar-refractivity contribution in [3.05, 3.63) is 62.7 Å². The molecule has 2 N–H and O–H groups in total. The van der Waals surface area contributed by atoms with Crippen LogP contribution in [0.15, 0.2) is 36.4 Å². The lowest BCUT2D eigenvalue weighted by molar-refractivity contribution is -0.385. The molecule has 0 bridgehead atoms. The number of anilines is 2. The molecule has 0 radical (unpaired) electrons. The van der Waals surface area contributed by atoms with Gasteiger partial charge in [0.25, 0.3) is 11.6 Å². The number of benzene rings is 2. The van der Waals surface area contributed by atoms with Gasteiger partial charge in [-0.2, -0.15) is 13.2 Å². The highest BCUT2D eigenvalue weighted by molar-refractivity contribution is 6.31. The van der Waals surface area contributed by atoms with E-state index in [4.69, 9.17) is 11.6 Å². The number of nitrogens with one attached hydrogen (secondary N) is 2. The van der Waals surface area contributed by atoms with Gasteiger partial charge in [0.1, 0.15) is 5.56 Å². The van der Waals surface area contributed by atoms with Crippen molar-refractivity contribution in [1.29, 1.82) is 0 Å². The molecule has 2 amide bonds. The average Bonchev–Trinajstić information content (AvgIpc) is 2.54. The normalized spacial score (nSPS) is 11.0. The highest BCUT2D eigenvalue weighted by atomic mass is 35.5. The second-order valence-electron chi connectivity index (χ2n) is 5.31. The van der Waals surface area contributed by atoms with Crippen LogP contribution < -0.4 is 10.6 Å². The van der Waals surface area contributed by atoms with Gasteiger partial charge in [0.15, 0.2) is 0 Å². The Morgan fingerprint density at radius 2 is 1.74 bits per heavy atom. The molecule has 0 unspecified atom stereocenters. The van der Waals surface area contributed by atoms with E-state index < -0.39 is 39.7 Å². The Kier molecular flexibility index (Phi) is 5.69. The van der Waals surface area contributed by atoms with Crippen molar-refractivity contribution >= 4 is 40.5 Å². The number of rotatable bonds is 4. The number of halogens is 4. The van der Waals surface area contributed by atoms with Crippen molar-refractivity contribution in [2.24, 2.45) is 0 Å². The van der Waals surface area contributed by atoms with E-state index in [1.165, 1.54) is 6.07 Å². The first kappa shape index (κ1) is 20.2. The molecule has 0 aliphatic heterocycles. The fourth-order valence-electron chi connectivity index (χ4n) is 2.16. The molecule has 0 spiro atoms. The summed E-state index contributed by atoms with van der Waals surface area (Å²) in [5.41, 5.74) is -2.56. The van der Waals surface area contributed by atoms with Gasteiger partial charge in [0.2, 0.25) is 5.91 Å². The lowest BCUT2D eigenvalue weighted by atomic mass is 10.1. The number of nitrogens with zero attached hydrogens (tertiary/aromatic N) is 1. The van der Waals surface area contributed by atoms with Crippen LogP contribution in [0.2, 0.25) is 5.02 Å². The zero-order valence-corrected chi connectivity index (χ0v) is 14.3. The van der Waals surface area contributed by atoms with Crippen molar-refractivity contribution in [2.75, 3.05) is 10.6 Å².